The van der Waals surface area contributed by atoms with Crippen LogP contribution in [-0.4, -0.2) is 5.54 Å². The number of hydrogen-bond acceptors (Lipinski definition) is 2. The van der Waals surface area contributed by atoms with Gasteiger partial charge in [0.25, 0.3) is 0 Å². The van der Waals surface area contributed by atoms with Crippen LogP contribution in [0.2, 0.25) is 0 Å². The molecule has 0 radical (unpaired) electrons. The van der Waals surface area contributed by atoms with Crippen LogP contribution in [0, 0.1) is 11.3 Å². The van der Waals surface area contributed by atoms with Crippen LogP contribution in [0.5, 0.6) is 0 Å². The van der Waals surface area contributed by atoms with Crippen molar-refractivity contribution in [1.82, 2.24) is 0 Å². The summed E-state index contributed by atoms with van der Waals surface area (Å²) in [6.07, 6.45) is 1.72. The molecule has 0 aromatic heterocycles. The Kier molecular flexibility index (Phi) is 4.42. The zero-order valence-electron chi connectivity index (χ0n) is 12.1. The summed E-state index contributed by atoms with van der Waals surface area (Å²) in [6, 6.07) is 20.8. The highest BCUT2D eigenvalue weighted by atomic mass is 15.0. The summed E-state index contributed by atoms with van der Waals surface area (Å²) in [4.78, 5) is 0. The highest BCUT2D eigenvalue weighted by Crippen LogP contribution is 2.19. The molecular weight excluding hydrogens is 244 g/mol. The molecule has 2 rings (SSSR count). The van der Waals surface area contributed by atoms with Crippen LogP contribution >= 0.6 is 0 Å². The van der Waals surface area contributed by atoms with Crippen molar-refractivity contribution in [3.8, 4) is 6.07 Å². The summed E-state index contributed by atoms with van der Waals surface area (Å²) in [5.74, 6) is 0. The van der Waals surface area contributed by atoms with Crippen molar-refractivity contribution in [1.29, 1.82) is 5.26 Å². The number of nitrogens with zero attached hydrogens (tertiary/aromatic N) is 1. The summed E-state index contributed by atoms with van der Waals surface area (Å²) in [6.45, 7) is 4.08. The summed E-state index contributed by atoms with van der Waals surface area (Å²) in [5.41, 5.74) is 2.87. The van der Waals surface area contributed by atoms with Gasteiger partial charge in [-0.2, -0.15) is 5.26 Å². The summed E-state index contributed by atoms with van der Waals surface area (Å²) < 4.78 is 0. The van der Waals surface area contributed by atoms with E-state index in [1.54, 1.807) is 0 Å². The SMILES string of the molecule is CCc1ccc(CC(C)(C#N)Nc2ccccc2)cc1. The van der Waals surface area contributed by atoms with Gasteiger partial charge in [-0.1, -0.05) is 49.4 Å². The number of nitrogens with one attached hydrogen (secondary N) is 1. The average molecular weight is 264 g/mol. The zero-order chi connectivity index (χ0) is 14.4. The first-order chi connectivity index (χ1) is 9.65. The van der Waals surface area contributed by atoms with Crippen LogP contribution in [0.4, 0.5) is 5.69 Å². The quantitative estimate of drug-likeness (QED) is 0.879. The van der Waals surface area contributed by atoms with Crippen LogP contribution in [0.15, 0.2) is 54.6 Å². The van der Waals surface area contributed by atoms with Gasteiger partial charge >= 0.3 is 0 Å². The number of anilines is 1. The maximum Gasteiger partial charge on any atom is 0.126 e. The van der Waals surface area contributed by atoms with Gasteiger partial charge in [0.1, 0.15) is 5.54 Å². The minimum absolute atomic E-state index is 0.602. The van der Waals surface area contributed by atoms with Gasteiger partial charge in [0.05, 0.1) is 6.07 Å². The van der Waals surface area contributed by atoms with Gasteiger partial charge in [0.2, 0.25) is 0 Å². The molecule has 0 bridgehead atoms. The van der Waals surface area contributed by atoms with Crippen molar-refractivity contribution in [2.24, 2.45) is 0 Å². The molecule has 102 valence electrons. The average Bonchev–Trinajstić information content (AvgIpc) is 2.49. The predicted molar refractivity (Wildman–Crippen MR) is 83.6 cm³/mol. The van der Waals surface area contributed by atoms with Gasteiger partial charge in [0.15, 0.2) is 0 Å². The third-order valence-corrected chi connectivity index (χ3v) is 3.43. The molecule has 0 aliphatic carbocycles. The fourth-order valence-corrected chi connectivity index (χ4v) is 2.25. The van der Waals surface area contributed by atoms with E-state index < -0.39 is 5.54 Å². The molecular formula is C18H20N2. The minimum Gasteiger partial charge on any atom is -0.367 e. The van der Waals surface area contributed by atoms with Crippen LogP contribution in [-0.2, 0) is 12.8 Å². The molecule has 0 saturated heterocycles. The normalized spacial score (nSPS) is 13.2. The lowest BCUT2D eigenvalue weighted by atomic mass is 9.93. The first-order valence-electron chi connectivity index (χ1n) is 6.97. The first kappa shape index (κ1) is 14.1. The Morgan fingerprint density at radius 2 is 1.60 bits per heavy atom. The van der Waals surface area contributed by atoms with Gasteiger partial charge in [-0.15, -0.1) is 0 Å². The summed E-state index contributed by atoms with van der Waals surface area (Å²) >= 11 is 0. The molecule has 1 N–H and O–H groups in total. The molecule has 0 fully saturated rings. The molecule has 20 heavy (non-hydrogen) atoms. The van der Waals surface area contributed by atoms with E-state index >= 15 is 0 Å². The van der Waals surface area contributed by atoms with Gasteiger partial charge < -0.3 is 5.32 Å². The Bertz CT molecular complexity index is 581. The molecule has 2 aromatic rings. The molecule has 0 amide bonds. The summed E-state index contributed by atoms with van der Waals surface area (Å²) in [7, 11) is 0. The lowest BCUT2D eigenvalue weighted by molar-refractivity contribution is 0.646. The third kappa shape index (κ3) is 3.61. The number of hydrogen-bond donors (Lipinski definition) is 1. The molecule has 0 saturated carbocycles. The molecule has 2 heteroatoms. The third-order valence-electron chi connectivity index (χ3n) is 3.43. The number of rotatable bonds is 5. The van der Waals surface area contributed by atoms with Crippen molar-refractivity contribution in [2.45, 2.75) is 32.2 Å². The molecule has 1 unspecified atom stereocenters. The molecule has 0 aliphatic rings. The second kappa shape index (κ2) is 6.25. The standard InChI is InChI=1S/C18H20N2/c1-3-15-9-11-16(12-10-15)13-18(2,14-19)20-17-7-5-4-6-8-17/h4-12,20H,3,13H2,1-2H3. The van der Waals surface area contributed by atoms with E-state index in [9.17, 15) is 5.26 Å². The first-order valence-corrected chi connectivity index (χ1v) is 6.97. The predicted octanol–water partition coefficient (Wildman–Crippen LogP) is 4.19. The van der Waals surface area contributed by atoms with E-state index in [0.717, 1.165) is 12.1 Å². The molecule has 1 atom stereocenters. The smallest absolute Gasteiger partial charge is 0.126 e. The largest absolute Gasteiger partial charge is 0.367 e. The summed E-state index contributed by atoms with van der Waals surface area (Å²) in [5, 5.41) is 12.8. The van der Waals surface area contributed by atoms with E-state index in [2.05, 4.69) is 42.6 Å². The molecule has 2 aromatic carbocycles. The Morgan fingerprint density at radius 1 is 1.00 bits per heavy atom. The Balaban J connectivity index is 2.12. The Morgan fingerprint density at radius 3 is 2.15 bits per heavy atom. The number of aryl methyl sites for hydroxylation is 1. The Hall–Kier alpha value is -2.27. The topological polar surface area (TPSA) is 35.8 Å². The van der Waals surface area contributed by atoms with E-state index in [0.29, 0.717) is 6.42 Å². The van der Waals surface area contributed by atoms with Crippen LogP contribution < -0.4 is 5.32 Å². The van der Waals surface area contributed by atoms with E-state index in [-0.39, 0.29) is 0 Å². The van der Waals surface area contributed by atoms with Crippen LogP contribution in [0.25, 0.3) is 0 Å². The fourth-order valence-electron chi connectivity index (χ4n) is 2.25. The molecule has 0 heterocycles. The lowest BCUT2D eigenvalue weighted by Gasteiger charge is -2.24. The molecule has 0 spiro atoms. The highest BCUT2D eigenvalue weighted by Gasteiger charge is 2.23. The van der Waals surface area contributed by atoms with E-state index in [1.165, 1.54) is 11.1 Å². The van der Waals surface area contributed by atoms with Crippen molar-refractivity contribution in [3.63, 3.8) is 0 Å². The van der Waals surface area contributed by atoms with Crippen LogP contribution in [0.1, 0.15) is 25.0 Å². The zero-order valence-corrected chi connectivity index (χ0v) is 12.1. The van der Waals surface area contributed by atoms with Crippen molar-refractivity contribution >= 4 is 5.69 Å². The second-order valence-corrected chi connectivity index (χ2v) is 5.28. The van der Waals surface area contributed by atoms with Crippen LogP contribution in [0.3, 0.4) is 0 Å². The van der Waals surface area contributed by atoms with Gasteiger partial charge in [-0.25, -0.2) is 0 Å². The number of para-hydroxylation sites is 1. The fraction of sp³-hybridized carbons (Fsp3) is 0.278. The number of nitriles is 1. The van der Waals surface area contributed by atoms with Crippen molar-refractivity contribution in [2.75, 3.05) is 5.32 Å². The maximum atomic E-state index is 9.50. The van der Waals surface area contributed by atoms with Gasteiger partial charge in [-0.05, 0) is 36.6 Å². The molecule has 2 nitrogen and oxygen atoms in total. The lowest BCUT2D eigenvalue weighted by Crippen LogP contribution is -2.35. The van der Waals surface area contributed by atoms with E-state index in [1.807, 2.05) is 37.3 Å². The minimum atomic E-state index is -0.602. The Labute approximate surface area is 121 Å². The monoisotopic (exact) mass is 264 g/mol. The van der Waals surface area contributed by atoms with E-state index in [4.69, 9.17) is 0 Å². The van der Waals surface area contributed by atoms with Crippen molar-refractivity contribution in [3.05, 3.63) is 65.7 Å². The molecule has 0 aliphatic heterocycles. The maximum absolute atomic E-state index is 9.50. The number of benzene rings is 2. The second-order valence-electron chi connectivity index (χ2n) is 5.28. The van der Waals surface area contributed by atoms with Crippen molar-refractivity contribution < 1.29 is 0 Å². The van der Waals surface area contributed by atoms with Gasteiger partial charge in [0, 0.05) is 12.1 Å². The van der Waals surface area contributed by atoms with Gasteiger partial charge in [-0.3, -0.25) is 0 Å². The highest BCUT2D eigenvalue weighted by molar-refractivity contribution is 5.47.